The van der Waals surface area contributed by atoms with E-state index in [1.165, 1.54) is 0 Å². The Bertz CT molecular complexity index is 781. The smallest absolute Gasteiger partial charge is 0.208 e. The zero-order valence-electron chi connectivity index (χ0n) is 13.2. The summed E-state index contributed by atoms with van der Waals surface area (Å²) in [6, 6.07) is 5.68. The molecule has 0 radical (unpaired) electrons. The van der Waals surface area contributed by atoms with Crippen LogP contribution in [0.15, 0.2) is 28.8 Å². The number of rotatable bonds is 7. The topological polar surface area (TPSA) is 96.2 Å². The maximum Gasteiger partial charge on any atom is 0.208 e. The van der Waals surface area contributed by atoms with Crippen LogP contribution in [0.2, 0.25) is 0 Å². The van der Waals surface area contributed by atoms with Crippen molar-refractivity contribution in [3.05, 3.63) is 41.7 Å². The van der Waals surface area contributed by atoms with Gasteiger partial charge in [0.25, 0.3) is 0 Å². The molecule has 0 amide bonds. The van der Waals surface area contributed by atoms with Crippen LogP contribution in [0.1, 0.15) is 17.3 Å². The summed E-state index contributed by atoms with van der Waals surface area (Å²) in [6.07, 6.45) is 1.04. The fraction of sp³-hybridized carbons (Fsp3) is 0.375. The van der Waals surface area contributed by atoms with Gasteiger partial charge in [-0.3, -0.25) is 5.10 Å². The van der Waals surface area contributed by atoms with Gasteiger partial charge in [0.2, 0.25) is 5.89 Å². The minimum absolute atomic E-state index is 0.196. The SMILES string of the molecule is Cc1cnc(CNC[C@H](O)COc2cccc3n[nH]c(C)c23)o1. The van der Waals surface area contributed by atoms with Gasteiger partial charge in [-0.2, -0.15) is 5.10 Å². The third-order valence-electron chi connectivity index (χ3n) is 3.48. The van der Waals surface area contributed by atoms with E-state index in [1.807, 2.05) is 32.0 Å². The van der Waals surface area contributed by atoms with E-state index in [4.69, 9.17) is 9.15 Å². The molecule has 7 nitrogen and oxygen atoms in total. The number of hydrogen-bond acceptors (Lipinski definition) is 6. The van der Waals surface area contributed by atoms with Crippen molar-refractivity contribution in [1.29, 1.82) is 0 Å². The molecule has 3 N–H and O–H groups in total. The van der Waals surface area contributed by atoms with Crippen LogP contribution in [-0.4, -0.2) is 39.5 Å². The molecule has 122 valence electrons. The molecular formula is C16H20N4O3. The molecule has 1 atom stereocenters. The molecule has 0 spiro atoms. The molecule has 0 aliphatic carbocycles. The molecule has 0 aliphatic heterocycles. The maximum atomic E-state index is 10.0. The highest BCUT2D eigenvalue weighted by Gasteiger charge is 2.11. The number of nitrogens with one attached hydrogen (secondary N) is 2. The Morgan fingerprint density at radius 3 is 3.04 bits per heavy atom. The van der Waals surface area contributed by atoms with E-state index in [2.05, 4.69) is 20.5 Å². The minimum atomic E-state index is -0.631. The van der Waals surface area contributed by atoms with E-state index >= 15 is 0 Å². The van der Waals surface area contributed by atoms with Gasteiger partial charge in [0, 0.05) is 12.2 Å². The maximum absolute atomic E-state index is 10.0. The van der Waals surface area contributed by atoms with E-state index < -0.39 is 6.10 Å². The van der Waals surface area contributed by atoms with Crippen molar-refractivity contribution in [2.45, 2.75) is 26.5 Å². The highest BCUT2D eigenvalue weighted by molar-refractivity contribution is 5.87. The molecular weight excluding hydrogens is 296 g/mol. The second-order valence-corrected chi connectivity index (χ2v) is 5.46. The Morgan fingerprint density at radius 2 is 2.26 bits per heavy atom. The molecule has 0 aliphatic rings. The number of aliphatic hydroxyl groups is 1. The second kappa shape index (κ2) is 6.80. The van der Waals surface area contributed by atoms with Crippen LogP contribution >= 0.6 is 0 Å². The summed E-state index contributed by atoms with van der Waals surface area (Å²) in [4.78, 5) is 4.09. The van der Waals surface area contributed by atoms with Gasteiger partial charge in [-0.15, -0.1) is 0 Å². The lowest BCUT2D eigenvalue weighted by atomic mass is 10.2. The Labute approximate surface area is 133 Å². The lowest BCUT2D eigenvalue weighted by molar-refractivity contribution is 0.106. The normalized spacial score (nSPS) is 12.7. The average Bonchev–Trinajstić information content (AvgIpc) is 3.12. The summed E-state index contributed by atoms with van der Waals surface area (Å²) >= 11 is 0. The number of ether oxygens (including phenoxy) is 1. The van der Waals surface area contributed by atoms with Crippen LogP contribution < -0.4 is 10.1 Å². The van der Waals surface area contributed by atoms with Gasteiger partial charge >= 0.3 is 0 Å². The number of aromatic nitrogens is 3. The standard InChI is InChI=1S/C16H20N4O3/c1-10-6-18-15(23-10)8-17-7-12(21)9-22-14-5-3-4-13-16(14)11(2)19-20-13/h3-6,12,17,21H,7-9H2,1-2H3,(H,19,20)/t12-/m0/s1. The first-order valence-electron chi connectivity index (χ1n) is 7.50. The fourth-order valence-corrected chi connectivity index (χ4v) is 2.38. The fourth-order valence-electron chi connectivity index (χ4n) is 2.38. The van der Waals surface area contributed by atoms with E-state index in [0.29, 0.717) is 19.0 Å². The van der Waals surface area contributed by atoms with E-state index in [-0.39, 0.29) is 6.61 Å². The Balaban J connectivity index is 1.50. The van der Waals surface area contributed by atoms with Crippen molar-refractivity contribution in [2.75, 3.05) is 13.2 Å². The van der Waals surface area contributed by atoms with Crippen LogP contribution in [0.25, 0.3) is 10.9 Å². The minimum Gasteiger partial charge on any atom is -0.490 e. The van der Waals surface area contributed by atoms with Gasteiger partial charge in [0.15, 0.2) is 0 Å². The van der Waals surface area contributed by atoms with Gasteiger partial charge in [-0.05, 0) is 26.0 Å². The summed E-state index contributed by atoms with van der Waals surface area (Å²) in [5.41, 5.74) is 1.80. The lowest BCUT2D eigenvalue weighted by Crippen LogP contribution is -2.31. The van der Waals surface area contributed by atoms with Gasteiger partial charge < -0.3 is 19.6 Å². The first-order valence-corrected chi connectivity index (χ1v) is 7.50. The van der Waals surface area contributed by atoms with Crippen LogP contribution in [-0.2, 0) is 6.54 Å². The molecule has 0 fully saturated rings. The largest absolute Gasteiger partial charge is 0.490 e. The molecule has 7 heteroatoms. The van der Waals surface area contributed by atoms with Crippen LogP contribution in [0.5, 0.6) is 5.75 Å². The first kappa shape index (κ1) is 15.5. The summed E-state index contributed by atoms with van der Waals surface area (Å²) in [7, 11) is 0. The van der Waals surface area contributed by atoms with E-state index in [9.17, 15) is 5.11 Å². The quantitative estimate of drug-likeness (QED) is 0.614. The molecule has 3 rings (SSSR count). The number of fused-ring (bicyclic) bond motifs is 1. The summed E-state index contributed by atoms with van der Waals surface area (Å²) < 4.78 is 11.1. The zero-order valence-corrected chi connectivity index (χ0v) is 13.2. The number of H-pyrrole nitrogens is 1. The number of nitrogens with zero attached hydrogens (tertiary/aromatic N) is 2. The van der Waals surface area contributed by atoms with Crippen molar-refractivity contribution < 1.29 is 14.3 Å². The Morgan fingerprint density at radius 1 is 1.39 bits per heavy atom. The van der Waals surface area contributed by atoms with Gasteiger partial charge in [0.05, 0.1) is 23.6 Å². The highest BCUT2D eigenvalue weighted by Crippen LogP contribution is 2.26. The monoisotopic (exact) mass is 316 g/mol. The molecule has 3 aromatic rings. The number of aromatic amines is 1. The van der Waals surface area contributed by atoms with Crippen molar-refractivity contribution in [3.8, 4) is 5.75 Å². The molecule has 23 heavy (non-hydrogen) atoms. The number of oxazole rings is 1. The Kier molecular flexibility index (Phi) is 4.59. The second-order valence-electron chi connectivity index (χ2n) is 5.46. The van der Waals surface area contributed by atoms with E-state index in [0.717, 1.165) is 28.1 Å². The third-order valence-corrected chi connectivity index (χ3v) is 3.48. The van der Waals surface area contributed by atoms with Crippen molar-refractivity contribution in [2.24, 2.45) is 0 Å². The average molecular weight is 316 g/mol. The first-order chi connectivity index (χ1) is 11.1. The molecule has 2 aromatic heterocycles. The third kappa shape index (κ3) is 3.69. The van der Waals surface area contributed by atoms with Gasteiger partial charge in [0.1, 0.15) is 24.2 Å². The predicted molar refractivity (Wildman–Crippen MR) is 85.3 cm³/mol. The molecule has 2 heterocycles. The molecule has 0 saturated heterocycles. The molecule has 0 unspecified atom stereocenters. The molecule has 1 aromatic carbocycles. The number of benzene rings is 1. The van der Waals surface area contributed by atoms with Crippen LogP contribution in [0, 0.1) is 13.8 Å². The number of aliphatic hydroxyl groups excluding tert-OH is 1. The summed E-state index contributed by atoms with van der Waals surface area (Å²) in [5.74, 6) is 2.10. The zero-order chi connectivity index (χ0) is 16.2. The number of aryl methyl sites for hydroxylation is 2. The number of hydrogen-bond donors (Lipinski definition) is 3. The summed E-state index contributed by atoms with van der Waals surface area (Å²) in [5, 5.41) is 21.2. The van der Waals surface area contributed by atoms with E-state index in [1.54, 1.807) is 6.20 Å². The van der Waals surface area contributed by atoms with Crippen molar-refractivity contribution in [1.82, 2.24) is 20.5 Å². The highest BCUT2D eigenvalue weighted by atomic mass is 16.5. The van der Waals surface area contributed by atoms with Gasteiger partial charge in [-0.25, -0.2) is 4.98 Å². The van der Waals surface area contributed by atoms with Crippen LogP contribution in [0.4, 0.5) is 0 Å². The molecule has 0 bridgehead atoms. The predicted octanol–water partition coefficient (Wildman–Crippen LogP) is 1.70. The summed E-state index contributed by atoms with van der Waals surface area (Å²) in [6.45, 7) is 4.85. The van der Waals surface area contributed by atoms with Gasteiger partial charge in [-0.1, -0.05) is 6.07 Å². The lowest BCUT2D eigenvalue weighted by Gasteiger charge is -2.13. The van der Waals surface area contributed by atoms with Crippen LogP contribution in [0.3, 0.4) is 0 Å². The Hall–Kier alpha value is -2.38. The van der Waals surface area contributed by atoms with Crippen molar-refractivity contribution in [3.63, 3.8) is 0 Å². The van der Waals surface area contributed by atoms with Crippen molar-refractivity contribution >= 4 is 10.9 Å². The molecule has 0 saturated carbocycles.